The van der Waals surface area contributed by atoms with Crippen LogP contribution in [0.5, 0.6) is 0 Å². The first-order valence-corrected chi connectivity index (χ1v) is 7.98. The summed E-state index contributed by atoms with van der Waals surface area (Å²) in [6.45, 7) is 3.86. The van der Waals surface area contributed by atoms with E-state index >= 15 is 0 Å². The molecule has 0 saturated heterocycles. The number of nitrogens with zero attached hydrogens (tertiary/aromatic N) is 3. The van der Waals surface area contributed by atoms with Gasteiger partial charge in [0.15, 0.2) is 0 Å². The standard InChI is InChI=1S/C16H21ClN4O/c1-11-5-8-21(20-11)14-10-18-15(17)9-13(14)19-12-3-6-16(2,22)7-4-12/h5,8-10,12,22H,3-4,6-7H2,1-2H3,(H,18,19). The van der Waals surface area contributed by atoms with Gasteiger partial charge in [0.25, 0.3) is 0 Å². The second kappa shape index (κ2) is 5.89. The van der Waals surface area contributed by atoms with E-state index in [4.69, 9.17) is 11.6 Å². The predicted molar refractivity (Wildman–Crippen MR) is 87.6 cm³/mol. The van der Waals surface area contributed by atoms with Crippen molar-refractivity contribution < 1.29 is 5.11 Å². The molecule has 2 aromatic heterocycles. The molecule has 5 nitrogen and oxygen atoms in total. The molecule has 1 aliphatic rings. The Kier molecular flexibility index (Phi) is 4.10. The third-order valence-corrected chi connectivity index (χ3v) is 4.45. The number of hydrogen-bond donors (Lipinski definition) is 2. The molecule has 2 heterocycles. The molecule has 0 bridgehead atoms. The Morgan fingerprint density at radius 1 is 1.41 bits per heavy atom. The SMILES string of the molecule is Cc1ccn(-c2cnc(Cl)cc2NC2CCC(C)(O)CC2)n1. The van der Waals surface area contributed by atoms with Gasteiger partial charge in [-0.3, -0.25) is 0 Å². The Morgan fingerprint density at radius 3 is 2.77 bits per heavy atom. The highest BCUT2D eigenvalue weighted by atomic mass is 35.5. The summed E-state index contributed by atoms with van der Waals surface area (Å²) in [6, 6.07) is 4.12. The zero-order chi connectivity index (χ0) is 15.7. The van der Waals surface area contributed by atoms with Gasteiger partial charge in [-0.2, -0.15) is 5.10 Å². The lowest BCUT2D eigenvalue weighted by molar-refractivity contribution is 0.0196. The molecule has 6 heteroatoms. The van der Waals surface area contributed by atoms with Crippen molar-refractivity contribution in [2.75, 3.05) is 5.32 Å². The Bertz CT molecular complexity index is 658. The van der Waals surface area contributed by atoms with Crippen molar-refractivity contribution in [2.24, 2.45) is 0 Å². The highest BCUT2D eigenvalue weighted by molar-refractivity contribution is 6.29. The summed E-state index contributed by atoms with van der Waals surface area (Å²) >= 11 is 6.05. The van der Waals surface area contributed by atoms with Crippen LogP contribution in [0.25, 0.3) is 5.69 Å². The molecule has 0 unspecified atom stereocenters. The van der Waals surface area contributed by atoms with Gasteiger partial charge < -0.3 is 10.4 Å². The number of nitrogens with one attached hydrogen (secondary N) is 1. The fourth-order valence-corrected chi connectivity index (χ4v) is 3.03. The molecule has 2 N–H and O–H groups in total. The van der Waals surface area contributed by atoms with Crippen LogP contribution in [0.2, 0.25) is 5.15 Å². The summed E-state index contributed by atoms with van der Waals surface area (Å²) in [7, 11) is 0. The number of halogens is 1. The maximum atomic E-state index is 10.1. The number of aliphatic hydroxyl groups is 1. The maximum absolute atomic E-state index is 10.1. The van der Waals surface area contributed by atoms with Gasteiger partial charge in [-0.1, -0.05) is 11.6 Å². The molecule has 22 heavy (non-hydrogen) atoms. The number of anilines is 1. The van der Waals surface area contributed by atoms with E-state index in [1.165, 1.54) is 0 Å². The van der Waals surface area contributed by atoms with Gasteiger partial charge in [-0.15, -0.1) is 0 Å². The van der Waals surface area contributed by atoms with E-state index in [0.29, 0.717) is 11.2 Å². The van der Waals surface area contributed by atoms with Gasteiger partial charge >= 0.3 is 0 Å². The summed E-state index contributed by atoms with van der Waals surface area (Å²) in [6.07, 6.45) is 7.13. The second-order valence-electron chi connectivity index (χ2n) is 6.34. The number of hydrogen-bond acceptors (Lipinski definition) is 4. The lowest BCUT2D eigenvalue weighted by Crippen LogP contribution is -2.35. The topological polar surface area (TPSA) is 63.0 Å². The normalized spacial score (nSPS) is 25.2. The Balaban J connectivity index is 1.82. The van der Waals surface area contributed by atoms with Crippen molar-refractivity contribution in [1.82, 2.24) is 14.8 Å². The molecule has 0 amide bonds. The van der Waals surface area contributed by atoms with Gasteiger partial charge in [-0.25, -0.2) is 9.67 Å². The van der Waals surface area contributed by atoms with Crippen LogP contribution in [-0.4, -0.2) is 31.5 Å². The minimum Gasteiger partial charge on any atom is -0.390 e. The molecule has 118 valence electrons. The van der Waals surface area contributed by atoms with Crippen LogP contribution >= 0.6 is 11.6 Å². The van der Waals surface area contributed by atoms with E-state index < -0.39 is 5.60 Å². The van der Waals surface area contributed by atoms with Crippen molar-refractivity contribution in [2.45, 2.75) is 51.2 Å². The molecule has 0 atom stereocenters. The molecular weight excluding hydrogens is 300 g/mol. The van der Waals surface area contributed by atoms with E-state index in [1.54, 1.807) is 10.9 Å². The highest BCUT2D eigenvalue weighted by Crippen LogP contribution is 2.31. The van der Waals surface area contributed by atoms with Gasteiger partial charge in [0.1, 0.15) is 10.8 Å². The lowest BCUT2D eigenvalue weighted by atomic mass is 9.83. The van der Waals surface area contributed by atoms with Gasteiger partial charge in [-0.05, 0) is 45.6 Å². The van der Waals surface area contributed by atoms with Crippen molar-refractivity contribution >= 4 is 17.3 Å². The van der Waals surface area contributed by atoms with Crippen LogP contribution in [-0.2, 0) is 0 Å². The van der Waals surface area contributed by atoms with Crippen LogP contribution in [0.3, 0.4) is 0 Å². The van der Waals surface area contributed by atoms with Crippen LogP contribution in [0.15, 0.2) is 24.5 Å². The quantitative estimate of drug-likeness (QED) is 0.851. The maximum Gasteiger partial charge on any atom is 0.131 e. The number of pyridine rings is 1. The minimum atomic E-state index is -0.532. The van der Waals surface area contributed by atoms with Crippen LogP contribution in [0.1, 0.15) is 38.3 Å². The van der Waals surface area contributed by atoms with Crippen molar-refractivity contribution in [3.63, 3.8) is 0 Å². The van der Waals surface area contributed by atoms with Gasteiger partial charge in [0.2, 0.25) is 0 Å². The molecule has 1 aliphatic carbocycles. The van der Waals surface area contributed by atoms with Crippen molar-refractivity contribution in [3.8, 4) is 5.69 Å². The number of aryl methyl sites for hydroxylation is 1. The molecule has 0 radical (unpaired) electrons. The Labute approximate surface area is 135 Å². The molecule has 0 aliphatic heterocycles. The number of rotatable bonds is 3. The molecule has 0 aromatic carbocycles. The third-order valence-electron chi connectivity index (χ3n) is 4.24. The smallest absolute Gasteiger partial charge is 0.131 e. The molecule has 2 aromatic rings. The monoisotopic (exact) mass is 320 g/mol. The molecular formula is C16H21ClN4O. The minimum absolute atomic E-state index is 0.328. The van der Waals surface area contributed by atoms with E-state index in [9.17, 15) is 5.11 Å². The van der Waals surface area contributed by atoms with E-state index in [0.717, 1.165) is 42.8 Å². The fraction of sp³-hybridized carbons (Fsp3) is 0.500. The van der Waals surface area contributed by atoms with Crippen LogP contribution in [0.4, 0.5) is 5.69 Å². The summed E-state index contributed by atoms with van der Waals surface area (Å²) in [5.41, 5.74) is 2.23. The van der Waals surface area contributed by atoms with Gasteiger partial charge in [0.05, 0.1) is 23.2 Å². The first kappa shape index (κ1) is 15.3. The second-order valence-corrected chi connectivity index (χ2v) is 6.73. The Morgan fingerprint density at radius 2 is 2.14 bits per heavy atom. The first-order valence-electron chi connectivity index (χ1n) is 7.60. The van der Waals surface area contributed by atoms with Crippen molar-refractivity contribution in [1.29, 1.82) is 0 Å². The Hall–Kier alpha value is -1.59. The zero-order valence-corrected chi connectivity index (χ0v) is 13.6. The fourth-order valence-electron chi connectivity index (χ4n) is 2.87. The summed E-state index contributed by atoms with van der Waals surface area (Å²) in [4.78, 5) is 4.17. The predicted octanol–water partition coefficient (Wildman–Crippen LogP) is 3.33. The zero-order valence-electron chi connectivity index (χ0n) is 12.9. The highest BCUT2D eigenvalue weighted by Gasteiger charge is 2.29. The number of aromatic nitrogens is 3. The average Bonchev–Trinajstić information content (AvgIpc) is 2.88. The largest absolute Gasteiger partial charge is 0.390 e. The van der Waals surface area contributed by atoms with E-state index in [-0.39, 0.29) is 0 Å². The van der Waals surface area contributed by atoms with Gasteiger partial charge in [0, 0.05) is 18.3 Å². The summed E-state index contributed by atoms with van der Waals surface area (Å²) in [5, 5.41) is 18.5. The first-order chi connectivity index (χ1) is 10.4. The van der Waals surface area contributed by atoms with Crippen LogP contribution < -0.4 is 5.32 Å². The average molecular weight is 321 g/mol. The molecule has 3 rings (SSSR count). The van der Waals surface area contributed by atoms with E-state index in [2.05, 4.69) is 15.4 Å². The lowest BCUT2D eigenvalue weighted by Gasteiger charge is -2.34. The summed E-state index contributed by atoms with van der Waals surface area (Å²) in [5.74, 6) is 0. The van der Waals surface area contributed by atoms with Crippen LogP contribution in [0, 0.1) is 6.92 Å². The summed E-state index contributed by atoms with van der Waals surface area (Å²) < 4.78 is 1.81. The third kappa shape index (κ3) is 3.42. The molecule has 1 saturated carbocycles. The van der Waals surface area contributed by atoms with E-state index in [1.807, 2.05) is 32.2 Å². The molecule has 1 fully saturated rings. The molecule has 0 spiro atoms. The van der Waals surface area contributed by atoms with Crippen molar-refractivity contribution in [3.05, 3.63) is 35.4 Å².